The number of aryl methyl sites for hydroxylation is 1. The summed E-state index contributed by atoms with van der Waals surface area (Å²) < 4.78 is 4.55. The molecule has 6 aromatic rings. The summed E-state index contributed by atoms with van der Waals surface area (Å²) in [5.74, 6) is 1.10. The molecule has 0 aliphatic rings. The van der Waals surface area contributed by atoms with Crippen molar-refractivity contribution in [1.29, 1.82) is 0 Å². The van der Waals surface area contributed by atoms with Crippen LogP contribution in [0.2, 0.25) is 0 Å². The summed E-state index contributed by atoms with van der Waals surface area (Å²) in [6, 6.07) is 10.8. The van der Waals surface area contributed by atoms with Gasteiger partial charge in [0.15, 0.2) is 33.2 Å². The molecule has 12 nitrogen and oxygen atoms in total. The number of aromatic nitrogens is 10. The van der Waals surface area contributed by atoms with Crippen LogP contribution in [-0.4, -0.2) is 61.6 Å². The predicted octanol–water partition coefficient (Wildman–Crippen LogP) is 3.49. The first-order valence-electron chi connectivity index (χ1n) is 11.8. The van der Waals surface area contributed by atoms with Crippen LogP contribution in [0.25, 0.3) is 33.7 Å². The molecule has 0 aromatic carbocycles. The van der Waals surface area contributed by atoms with E-state index in [-0.39, 0.29) is 11.1 Å². The molecular formula is C25H26N10O2S2. The summed E-state index contributed by atoms with van der Waals surface area (Å²) in [5.41, 5.74) is 0.764. The highest BCUT2D eigenvalue weighted by molar-refractivity contribution is 7.98. The Hall–Kier alpha value is -4.30. The molecule has 0 radical (unpaired) electrons. The van der Waals surface area contributed by atoms with Crippen LogP contribution in [0.4, 0.5) is 0 Å². The molecular weight excluding hydrogens is 536 g/mol. The van der Waals surface area contributed by atoms with E-state index < -0.39 is 0 Å². The first kappa shape index (κ1) is 27.7. The number of hydrogen-bond acceptors (Lipinski definition) is 10. The molecule has 0 unspecified atom stereocenters. The number of pyridine rings is 2. The molecule has 0 aliphatic heterocycles. The SMILES string of the molecule is CC.CSc1ncc2c(=O)n(-c3ccccn3)[nH]c2n1.CSc1ncc2c(=O)n(-c3ccccn3)n(C)c2n1. The number of H-pyrrole nitrogens is 1. The van der Waals surface area contributed by atoms with Crippen molar-refractivity contribution in [2.45, 2.75) is 24.2 Å². The van der Waals surface area contributed by atoms with Gasteiger partial charge in [0.1, 0.15) is 10.8 Å². The Bertz CT molecular complexity index is 1810. The van der Waals surface area contributed by atoms with Crippen molar-refractivity contribution in [2.75, 3.05) is 12.5 Å². The van der Waals surface area contributed by atoms with Gasteiger partial charge >= 0.3 is 0 Å². The van der Waals surface area contributed by atoms with Crippen molar-refractivity contribution >= 4 is 45.6 Å². The van der Waals surface area contributed by atoms with Gasteiger partial charge in [0.25, 0.3) is 11.1 Å². The van der Waals surface area contributed by atoms with Gasteiger partial charge in [-0.3, -0.25) is 19.4 Å². The average Bonchev–Trinajstić information content (AvgIpc) is 3.47. The first-order valence-corrected chi connectivity index (χ1v) is 14.3. The second-order valence-electron chi connectivity index (χ2n) is 7.48. The molecule has 0 bridgehead atoms. The zero-order valence-corrected chi connectivity index (χ0v) is 23.6. The largest absolute Gasteiger partial charge is 0.283 e. The van der Waals surface area contributed by atoms with Gasteiger partial charge in [-0.1, -0.05) is 49.5 Å². The van der Waals surface area contributed by atoms with Gasteiger partial charge in [0.05, 0.1) is 0 Å². The Kier molecular flexibility index (Phi) is 8.88. The Morgan fingerprint density at radius 2 is 1.33 bits per heavy atom. The molecule has 0 saturated carbocycles. The van der Waals surface area contributed by atoms with Crippen LogP contribution < -0.4 is 11.1 Å². The number of nitrogens with zero attached hydrogens (tertiary/aromatic N) is 9. The van der Waals surface area contributed by atoms with Crippen molar-refractivity contribution in [3.8, 4) is 11.6 Å². The minimum atomic E-state index is -0.198. The van der Waals surface area contributed by atoms with E-state index in [1.54, 1.807) is 48.5 Å². The summed E-state index contributed by atoms with van der Waals surface area (Å²) in [6.07, 6.45) is 10.2. The summed E-state index contributed by atoms with van der Waals surface area (Å²) in [5, 5.41) is 5.14. The van der Waals surface area contributed by atoms with Crippen molar-refractivity contribution in [3.05, 3.63) is 81.9 Å². The molecule has 14 heteroatoms. The summed E-state index contributed by atoms with van der Waals surface area (Å²) in [6.45, 7) is 4.00. The van der Waals surface area contributed by atoms with Crippen LogP contribution in [0.15, 0.2) is 81.1 Å². The molecule has 200 valence electrons. The normalized spacial score (nSPS) is 10.6. The van der Waals surface area contributed by atoms with Gasteiger partial charge in [-0.05, 0) is 36.8 Å². The number of hydrogen-bond donors (Lipinski definition) is 1. The van der Waals surface area contributed by atoms with E-state index in [2.05, 4.69) is 35.0 Å². The summed E-state index contributed by atoms with van der Waals surface area (Å²) in [7, 11) is 1.79. The van der Waals surface area contributed by atoms with Crippen LogP contribution in [0.5, 0.6) is 0 Å². The first-order chi connectivity index (χ1) is 19.0. The maximum atomic E-state index is 12.4. The third-order valence-corrected chi connectivity index (χ3v) is 6.43. The van der Waals surface area contributed by atoms with Crippen LogP contribution in [0.3, 0.4) is 0 Å². The predicted molar refractivity (Wildman–Crippen MR) is 154 cm³/mol. The Morgan fingerprint density at radius 1 is 0.744 bits per heavy atom. The lowest BCUT2D eigenvalue weighted by molar-refractivity contribution is 0.645. The van der Waals surface area contributed by atoms with E-state index in [0.29, 0.717) is 44.0 Å². The van der Waals surface area contributed by atoms with Crippen molar-refractivity contribution in [3.63, 3.8) is 0 Å². The highest BCUT2D eigenvalue weighted by Gasteiger charge is 2.15. The molecule has 0 fully saturated rings. The number of thioether (sulfide) groups is 2. The third kappa shape index (κ3) is 5.61. The smallest absolute Gasteiger partial charge is 0.272 e. The molecule has 0 atom stereocenters. The minimum absolute atomic E-state index is 0.163. The second-order valence-corrected chi connectivity index (χ2v) is 9.03. The van der Waals surface area contributed by atoms with E-state index in [1.165, 1.54) is 39.1 Å². The second kappa shape index (κ2) is 12.5. The van der Waals surface area contributed by atoms with Crippen LogP contribution in [0, 0.1) is 0 Å². The number of aromatic amines is 1. The molecule has 6 heterocycles. The average molecular weight is 563 g/mol. The Labute approximate surface area is 231 Å². The van der Waals surface area contributed by atoms with Gasteiger partial charge in [-0.25, -0.2) is 29.9 Å². The van der Waals surface area contributed by atoms with Gasteiger partial charge < -0.3 is 0 Å². The van der Waals surface area contributed by atoms with E-state index in [0.717, 1.165) is 0 Å². The quantitative estimate of drug-likeness (QED) is 0.251. The fourth-order valence-corrected chi connectivity index (χ4v) is 4.24. The lowest BCUT2D eigenvalue weighted by Crippen LogP contribution is -2.20. The molecule has 6 aromatic heterocycles. The molecule has 1 N–H and O–H groups in total. The van der Waals surface area contributed by atoms with Gasteiger partial charge in [0.2, 0.25) is 0 Å². The van der Waals surface area contributed by atoms with E-state index in [9.17, 15) is 9.59 Å². The molecule has 0 spiro atoms. The third-order valence-electron chi connectivity index (χ3n) is 5.30. The van der Waals surface area contributed by atoms with Crippen molar-refractivity contribution in [1.82, 2.24) is 49.0 Å². The highest BCUT2D eigenvalue weighted by Crippen LogP contribution is 2.14. The molecule has 0 amide bonds. The minimum Gasteiger partial charge on any atom is -0.272 e. The Balaban J connectivity index is 0.000000170. The van der Waals surface area contributed by atoms with Crippen LogP contribution >= 0.6 is 23.5 Å². The van der Waals surface area contributed by atoms with Gasteiger partial charge in [0, 0.05) is 31.8 Å². The molecule has 0 saturated heterocycles. The van der Waals surface area contributed by atoms with Crippen LogP contribution in [-0.2, 0) is 7.05 Å². The number of rotatable bonds is 4. The van der Waals surface area contributed by atoms with Gasteiger partial charge in [-0.2, -0.15) is 9.36 Å². The number of fused-ring (bicyclic) bond motifs is 2. The maximum absolute atomic E-state index is 12.4. The Morgan fingerprint density at radius 3 is 1.92 bits per heavy atom. The van der Waals surface area contributed by atoms with Gasteiger partial charge in [-0.15, -0.1) is 0 Å². The molecule has 6 rings (SSSR count). The maximum Gasteiger partial charge on any atom is 0.283 e. The van der Waals surface area contributed by atoms with Crippen molar-refractivity contribution < 1.29 is 0 Å². The molecule has 0 aliphatic carbocycles. The van der Waals surface area contributed by atoms with E-state index in [4.69, 9.17) is 0 Å². The highest BCUT2D eigenvalue weighted by atomic mass is 32.2. The lowest BCUT2D eigenvalue weighted by atomic mass is 10.4. The van der Waals surface area contributed by atoms with Crippen LogP contribution in [0.1, 0.15) is 13.8 Å². The standard InChI is InChI=1S/C12H11N5OS.C11H9N5OS.C2H6/c1-16-10-8(7-14-12(15-10)19-2)11(18)17(16)9-5-3-4-6-13-9;1-18-11-13-6-7-9(14-11)15-16(10(7)17)8-4-2-3-5-12-8;1-2/h3-7H,1-2H3;2-6H,1H3,(H,13,14,15);1-2H3. The van der Waals surface area contributed by atoms with Crippen molar-refractivity contribution in [2.24, 2.45) is 7.05 Å². The molecule has 39 heavy (non-hydrogen) atoms. The topological polar surface area (TPSA) is 142 Å². The summed E-state index contributed by atoms with van der Waals surface area (Å²) >= 11 is 2.87. The monoisotopic (exact) mass is 562 g/mol. The number of nitrogens with one attached hydrogen (secondary N) is 1. The fourth-order valence-electron chi connectivity index (χ4n) is 3.57. The van der Waals surface area contributed by atoms with E-state index >= 15 is 0 Å². The lowest BCUT2D eigenvalue weighted by Gasteiger charge is -2.05. The zero-order chi connectivity index (χ0) is 27.9. The fraction of sp³-hybridized carbons (Fsp3) is 0.200. The van der Waals surface area contributed by atoms with E-state index in [1.807, 2.05) is 44.6 Å². The summed E-state index contributed by atoms with van der Waals surface area (Å²) in [4.78, 5) is 49.7. The zero-order valence-electron chi connectivity index (χ0n) is 21.9.